The molecule has 1 unspecified atom stereocenters. The molecular weight excluding hydrogens is 236 g/mol. The Kier molecular flexibility index (Phi) is 3.01. The average Bonchev–Trinajstić information content (AvgIpc) is 2.75. The van der Waals surface area contributed by atoms with Gasteiger partial charge in [-0.05, 0) is 19.1 Å². The molecule has 0 saturated carbocycles. The van der Waals surface area contributed by atoms with Gasteiger partial charge in [0, 0.05) is 6.42 Å². The van der Waals surface area contributed by atoms with Crippen LogP contribution in [0.4, 0.5) is 5.69 Å². The number of nitrogens with zero attached hydrogens (tertiary/aromatic N) is 2. The summed E-state index contributed by atoms with van der Waals surface area (Å²) in [7, 11) is 0. The molecule has 0 aliphatic carbocycles. The quantitative estimate of drug-likeness (QED) is 0.835. The summed E-state index contributed by atoms with van der Waals surface area (Å²) in [5.41, 5.74) is 1.47. The number of aliphatic carboxylic acids is 2. The number of anilines is 1. The summed E-state index contributed by atoms with van der Waals surface area (Å²) in [5, 5.41) is 23.1. The van der Waals surface area contributed by atoms with E-state index in [2.05, 4.69) is 5.10 Å². The first-order chi connectivity index (χ1) is 8.49. The molecule has 2 N–H and O–H groups in total. The van der Waals surface area contributed by atoms with E-state index >= 15 is 0 Å². The highest BCUT2D eigenvalue weighted by atomic mass is 16.4. The summed E-state index contributed by atoms with van der Waals surface area (Å²) in [6.07, 6.45) is -0.0987. The van der Waals surface area contributed by atoms with Gasteiger partial charge < -0.3 is 10.2 Å². The van der Waals surface area contributed by atoms with Gasteiger partial charge in [0.1, 0.15) is 5.71 Å². The van der Waals surface area contributed by atoms with Gasteiger partial charge in [0.25, 0.3) is 0 Å². The molecule has 94 valence electrons. The maximum absolute atomic E-state index is 11.1. The Morgan fingerprint density at radius 1 is 1.28 bits per heavy atom. The number of rotatable bonds is 3. The van der Waals surface area contributed by atoms with Crippen LogP contribution in [0.5, 0.6) is 0 Å². The van der Waals surface area contributed by atoms with Crippen LogP contribution in [0.2, 0.25) is 0 Å². The molecule has 0 amide bonds. The van der Waals surface area contributed by atoms with E-state index in [9.17, 15) is 9.59 Å². The summed E-state index contributed by atoms with van der Waals surface area (Å²) in [4.78, 5) is 22.0. The van der Waals surface area contributed by atoms with Gasteiger partial charge in [-0.25, -0.2) is 9.59 Å². The molecule has 2 rings (SSSR count). The Bertz CT molecular complexity index is 521. The second-order valence-corrected chi connectivity index (χ2v) is 4.09. The number of carboxylic acids is 2. The lowest BCUT2D eigenvalue weighted by molar-refractivity contribution is -0.138. The van der Waals surface area contributed by atoms with Gasteiger partial charge in [-0.1, -0.05) is 17.7 Å². The van der Waals surface area contributed by atoms with Crippen molar-refractivity contribution in [2.45, 2.75) is 19.4 Å². The van der Waals surface area contributed by atoms with Crippen molar-refractivity contribution in [3.05, 3.63) is 29.8 Å². The number of benzene rings is 1. The number of hydrogen-bond donors (Lipinski definition) is 2. The van der Waals surface area contributed by atoms with E-state index in [1.807, 2.05) is 19.1 Å². The van der Waals surface area contributed by atoms with Crippen LogP contribution in [-0.2, 0) is 9.59 Å². The minimum absolute atomic E-state index is 0.0987. The fraction of sp³-hybridized carbons (Fsp3) is 0.250. The van der Waals surface area contributed by atoms with Gasteiger partial charge in [0.2, 0.25) is 0 Å². The van der Waals surface area contributed by atoms with Crippen LogP contribution in [0, 0.1) is 6.92 Å². The molecule has 0 aromatic heterocycles. The first-order valence-electron chi connectivity index (χ1n) is 5.38. The Hall–Kier alpha value is -2.37. The summed E-state index contributed by atoms with van der Waals surface area (Å²) in [5.74, 6) is -2.27. The highest BCUT2D eigenvalue weighted by Crippen LogP contribution is 2.25. The number of hydrogen-bond acceptors (Lipinski definition) is 4. The monoisotopic (exact) mass is 248 g/mol. The van der Waals surface area contributed by atoms with Gasteiger partial charge >= 0.3 is 11.9 Å². The minimum atomic E-state index is -1.18. The van der Waals surface area contributed by atoms with Crippen molar-refractivity contribution < 1.29 is 19.8 Å². The van der Waals surface area contributed by atoms with Crippen LogP contribution in [0.3, 0.4) is 0 Å². The van der Waals surface area contributed by atoms with Gasteiger partial charge in [-0.2, -0.15) is 5.10 Å². The van der Waals surface area contributed by atoms with Crippen LogP contribution in [0.1, 0.15) is 12.0 Å². The topological polar surface area (TPSA) is 90.2 Å². The Morgan fingerprint density at radius 3 is 2.39 bits per heavy atom. The van der Waals surface area contributed by atoms with Crippen molar-refractivity contribution >= 4 is 23.3 Å². The molecule has 6 nitrogen and oxygen atoms in total. The van der Waals surface area contributed by atoms with Gasteiger partial charge in [-0.3, -0.25) is 5.01 Å². The molecule has 0 bridgehead atoms. The fourth-order valence-electron chi connectivity index (χ4n) is 1.77. The van der Waals surface area contributed by atoms with Crippen molar-refractivity contribution in [3.63, 3.8) is 0 Å². The Morgan fingerprint density at radius 2 is 1.89 bits per heavy atom. The lowest BCUT2D eigenvalue weighted by Gasteiger charge is -2.19. The van der Waals surface area contributed by atoms with Crippen molar-refractivity contribution in [2.75, 3.05) is 5.01 Å². The zero-order valence-corrected chi connectivity index (χ0v) is 9.70. The third kappa shape index (κ3) is 2.17. The molecule has 18 heavy (non-hydrogen) atoms. The van der Waals surface area contributed by atoms with Crippen molar-refractivity contribution in [2.24, 2.45) is 5.10 Å². The van der Waals surface area contributed by atoms with Crippen molar-refractivity contribution in [3.8, 4) is 0 Å². The number of carboxylic acid groups (broad SMARTS) is 2. The molecule has 0 spiro atoms. The molecule has 0 radical (unpaired) electrons. The molecule has 1 aromatic carbocycles. The van der Waals surface area contributed by atoms with Crippen LogP contribution >= 0.6 is 0 Å². The van der Waals surface area contributed by atoms with E-state index < -0.39 is 18.0 Å². The molecule has 6 heteroatoms. The molecule has 0 saturated heterocycles. The lowest BCUT2D eigenvalue weighted by Crippen LogP contribution is -2.34. The van der Waals surface area contributed by atoms with Crippen LogP contribution in [0.15, 0.2) is 29.4 Å². The van der Waals surface area contributed by atoms with Crippen LogP contribution in [0.25, 0.3) is 0 Å². The zero-order chi connectivity index (χ0) is 13.3. The molecule has 1 aromatic rings. The van der Waals surface area contributed by atoms with Crippen molar-refractivity contribution in [1.82, 2.24) is 0 Å². The Balaban J connectivity index is 2.36. The highest BCUT2D eigenvalue weighted by molar-refractivity contribution is 6.37. The first kappa shape index (κ1) is 12.1. The maximum Gasteiger partial charge on any atom is 0.352 e. The first-order valence-corrected chi connectivity index (χ1v) is 5.38. The normalized spacial score (nSPS) is 18.6. The summed E-state index contributed by atoms with van der Waals surface area (Å²) in [6, 6.07) is 6.13. The molecule has 1 heterocycles. The van der Waals surface area contributed by atoms with E-state index in [-0.39, 0.29) is 12.1 Å². The SMILES string of the molecule is Cc1ccc(N2N=C(C(=O)O)CC2C(=O)O)cc1. The summed E-state index contributed by atoms with van der Waals surface area (Å²) >= 11 is 0. The van der Waals surface area contributed by atoms with E-state index in [0.29, 0.717) is 5.69 Å². The van der Waals surface area contributed by atoms with E-state index in [1.165, 1.54) is 5.01 Å². The minimum Gasteiger partial charge on any atom is -0.480 e. The second kappa shape index (κ2) is 4.48. The number of hydrazone groups is 1. The zero-order valence-electron chi connectivity index (χ0n) is 9.70. The van der Waals surface area contributed by atoms with Gasteiger partial charge in [-0.15, -0.1) is 0 Å². The third-order valence-corrected chi connectivity index (χ3v) is 2.74. The molecule has 1 aliphatic rings. The van der Waals surface area contributed by atoms with Crippen molar-refractivity contribution in [1.29, 1.82) is 0 Å². The molecule has 1 atom stereocenters. The van der Waals surface area contributed by atoms with Gasteiger partial charge in [0.05, 0.1) is 5.69 Å². The largest absolute Gasteiger partial charge is 0.480 e. The lowest BCUT2D eigenvalue weighted by atomic mass is 10.1. The standard InChI is InChI=1S/C12H12N2O4/c1-7-2-4-8(5-3-7)14-10(12(17)18)6-9(13-14)11(15)16/h2-5,10H,6H2,1H3,(H,15,16)(H,17,18). The van der Waals surface area contributed by atoms with Crippen LogP contribution in [-0.4, -0.2) is 33.9 Å². The summed E-state index contributed by atoms with van der Waals surface area (Å²) in [6.45, 7) is 1.91. The molecule has 1 aliphatic heterocycles. The predicted octanol–water partition coefficient (Wildman–Crippen LogP) is 1.10. The van der Waals surface area contributed by atoms with E-state index in [4.69, 9.17) is 10.2 Å². The van der Waals surface area contributed by atoms with Crippen LogP contribution < -0.4 is 5.01 Å². The number of aryl methyl sites for hydroxylation is 1. The summed E-state index contributed by atoms with van der Waals surface area (Å²) < 4.78 is 0. The maximum atomic E-state index is 11.1. The van der Waals surface area contributed by atoms with E-state index in [1.54, 1.807) is 12.1 Å². The fourth-order valence-corrected chi connectivity index (χ4v) is 1.77. The predicted molar refractivity (Wildman–Crippen MR) is 64.8 cm³/mol. The van der Waals surface area contributed by atoms with E-state index in [0.717, 1.165) is 5.56 Å². The highest BCUT2D eigenvalue weighted by Gasteiger charge is 2.36. The molecule has 0 fully saturated rings. The number of carbonyl (C=O) groups is 2. The Labute approximate surface area is 103 Å². The smallest absolute Gasteiger partial charge is 0.352 e. The van der Waals surface area contributed by atoms with Gasteiger partial charge in [0.15, 0.2) is 6.04 Å². The third-order valence-electron chi connectivity index (χ3n) is 2.74. The second-order valence-electron chi connectivity index (χ2n) is 4.09. The average molecular weight is 248 g/mol. The molecular formula is C12H12N2O4.